The van der Waals surface area contributed by atoms with Crippen molar-refractivity contribution in [1.82, 2.24) is 10.2 Å². The van der Waals surface area contributed by atoms with E-state index in [2.05, 4.69) is 66.0 Å². The molecule has 0 amide bonds. The maximum absolute atomic E-state index is 6.07. The van der Waals surface area contributed by atoms with Gasteiger partial charge < -0.3 is 10.2 Å². The number of hydrogen-bond donors (Lipinski definition) is 1. The van der Waals surface area contributed by atoms with Crippen molar-refractivity contribution >= 4 is 34.2 Å². The Morgan fingerprint density at radius 2 is 2.12 bits per heavy atom. The van der Waals surface area contributed by atoms with Gasteiger partial charge in [-0.15, -0.1) is 0 Å². The van der Waals surface area contributed by atoms with Gasteiger partial charge in [0.05, 0.1) is 5.02 Å². The average molecular weight is 353 g/mol. The minimum Gasteiger partial charge on any atom is -0.309 e. The van der Waals surface area contributed by atoms with Crippen LogP contribution in [0.25, 0.3) is 0 Å². The summed E-state index contributed by atoms with van der Waals surface area (Å²) in [5, 5.41) is 4.31. The fourth-order valence-corrected chi connectivity index (χ4v) is 2.09. The van der Waals surface area contributed by atoms with Gasteiger partial charge >= 0.3 is 0 Å². The lowest BCUT2D eigenvalue weighted by atomic mass is 10.2. The molecule has 16 heavy (non-hydrogen) atoms. The molecule has 1 rings (SSSR count). The van der Waals surface area contributed by atoms with E-state index < -0.39 is 0 Å². The van der Waals surface area contributed by atoms with Gasteiger partial charge in [0.2, 0.25) is 0 Å². The molecule has 2 nitrogen and oxygen atoms in total. The van der Waals surface area contributed by atoms with Crippen molar-refractivity contribution in [2.45, 2.75) is 19.5 Å². The molecular formula is C12H18ClIN2. The number of benzene rings is 1. The van der Waals surface area contributed by atoms with Crippen molar-refractivity contribution in [1.29, 1.82) is 0 Å². The van der Waals surface area contributed by atoms with E-state index >= 15 is 0 Å². The highest BCUT2D eigenvalue weighted by atomic mass is 127. The standard InChI is InChI=1S/C12H18ClIN2/c1-9(8-16(2)3)15-7-10-4-5-12(14)11(13)6-10/h4-6,9,15H,7-8H2,1-3H3. The van der Waals surface area contributed by atoms with Crippen LogP contribution in [0.4, 0.5) is 0 Å². The van der Waals surface area contributed by atoms with E-state index in [4.69, 9.17) is 11.6 Å². The first-order valence-corrected chi connectivity index (χ1v) is 6.76. The first-order chi connectivity index (χ1) is 7.49. The van der Waals surface area contributed by atoms with Crippen molar-refractivity contribution in [2.24, 2.45) is 0 Å². The van der Waals surface area contributed by atoms with E-state index in [1.807, 2.05) is 6.07 Å². The van der Waals surface area contributed by atoms with Crippen LogP contribution in [-0.4, -0.2) is 31.6 Å². The molecule has 90 valence electrons. The Balaban J connectivity index is 2.45. The summed E-state index contributed by atoms with van der Waals surface area (Å²) in [6.07, 6.45) is 0. The second kappa shape index (κ2) is 6.79. The summed E-state index contributed by atoms with van der Waals surface area (Å²) in [7, 11) is 4.17. The highest BCUT2D eigenvalue weighted by molar-refractivity contribution is 14.1. The van der Waals surface area contributed by atoms with Crippen molar-refractivity contribution in [3.63, 3.8) is 0 Å². The highest BCUT2D eigenvalue weighted by Crippen LogP contribution is 2.19. The largest absolute Gasteiger partial charge is 0.309 e. The maximum Gasteiger partial charge on any atom is 0.0542 e. The van der Waals surface area contributed by atoms with Crippen LogP contribution in [0.15, 0.2) is 18.2 Å². The Labute approximate surface area is 116 Å². The molecule has 1 aromatic carbocycles. The van der Waals surface area contributed by atoms with Gasteiger partial charge in [0.1, 0.15) is 0 Å². The molecule has 0 fully saturated rings. The summed E-state index contributed by atoms with van der Waals surface area (Å²) in [5.41, 5.74) is 1.23. The molecule has 0 spiro atoms. The number of nitrogens with zero attached hydrogens (tertiary/aromatic N) is 1. The minimum atomic E-state index is 0.480. The maximum atomic E-state index is 6.07. The smallest absolute Gasteiger partial charge is 0.0542 e. The number of nitrogens with one attached hydrogen (secondary N) is 1. The molecule has 0 saturated heterocycles. The molecule has 0 radical (unpaired) electrons. The van der Waals surface area contributed by atoms with Crippen LogP contribution >= 0.6 is 34.2 Å². The second-order valence-corrected chi connectivity index (χ2v) is 5.86. The monoisotopic (exact) mass is 352 g/mol. The Hall–Kier alpha value is 0.160. The Morgan fingerprint density at radius 1 is 1.44 bits per heavy atom. The van der Waals surface area contributed by atoms with Crippen molar-refractivity contribution in [2.75, 3.05) is 20.6 Å². The summed E-state index contributed by atoms with van der Waals surface area (Å²) in [4.78, 5) is 2.18. The van der Waals surface area contributed by atoms with Gasteiger partial charge in [0, 0.05) is 22.7 Å². The van der Waals surface area contributed by atoms with Gasteiger partial charge in [-0.1, -0.05) is 17.7 Å². The lowest BCUT2D eigenvalue weighted by Gasteiger charge is -2.18. The van der Waals surface area contributed by atoms with Gasteiger partial charge in [-0.3, -0.25) is 0 Å². The zero-order chi connectivity index (χ0) is 12.1. The Kier molecular flexibility index (Phi) is 6.03. The molecule has 1 atom stereocenters. The Morgan fingerprint density at radius 3 is 2.69 bits per heavy atom. The van der Waals surface area contributed by atoms with Crippen molar-refractivity contribution < 1.29 is 0 Å². The predicted molar refractivity (Wildman–Crippen MR) is 79.0 cm³/mol. The second-order valence-electron chi connectivity index (χ2n) is 4.29. The molecule has 0 bridgehead atoms. The molecule has 1 N–H and O–H groups in total. The summed E-state index contributed by atoms with van der Waals surface area (Å²) in [6, 6.07) is 6.67. The van der Waals surface area contributed by atoms with Gasteiger partial charge in [-0.2, -0.15) is 0 Å². The van der Waals surface area contributed by atoms with Crippen molar-refractivity contribution in [3.8, 4) is 0 Å². The van der Waals surface area contributed by atoms with Crippen LogP contribution in [0.5, 0.6) is 0 Å². The van der Waals surface area contributed by atoms with Crippen molar-refractivity contribution in [3.05, 3.63) is 32.4 Å². The summed E-state index contributed by atoms with van der Waals surface area (Å²) >= 11 is 8.31. The molecule has 4 heteroatoms. The summed E-state index contributed by atoms with van der Waals surface area (Å²) in [5.74, 6) is 0. The molecule has 1 aromatic rings. The summed E-state index contributed by atoms with van der Waals surface area (Å²) in [6.45, 7) is 4.10. The Bertz CT molecular complexity index is 342. The van der Waals surface area contributed by atoms with Gasteiger partial charge in [0.15, 0.2) is 0 Å². The van der Waals surface area contributed by atoms with E-state index in [9.17, 15) is 0 Å². The third-order valence-corrected chi connectivity index (χ3v) is 3.85. The van der Waals surface area contributed by atoms with Gasteiger partial charge in [-0.25, -0.2) is 0 Å². The zero-order valence-corrected chi connectivity index (χ0v) is 12.8. The third-order valence-electron chi connectivity index (χ3n) is 2.28. The van der Waals surface area contributed by atoms with E-state index in [-0.39, 0.29) is 0 Å². The van der Waals surface area contributed by atoms with E-state index in [0.717, 1.165) is 21.7 Å². The molecule has 0 heterocycles. The third kappa shape index (κ3) is 4.99. The van der Waals surface area contributed by atoms with E-state index in [0.29, 0.717) is 6.04 Å². The number of rotatable bonds is 5. The van der Waals surface area contributed by atoms with Crippen LogP contribution in [0.1, 0.15) is 12.5 Å². The van der Waals surface area contributed by atoms with Crippen LogP contribution in [-0.2, 0) is 6.54 Å². The van der Waals surface area contributed by atoms with E-state index in [1.54, 1.807) is 0 Å². The van der Waals surface area contributed by atoms with Crippen LogP contribution < -0.4 is 5.32 Å². The first-order valence-electron chi connectivity index (χ1n) is 5.31. The van der Waals surface area contributed by atoms with Crippen LogP contribution in [0.2, 0.25) is 5.02 Å². The molecule has 1 unspecified atom stereocenters. The van der Waals surface area contributed by atoms with Crippen LogP contribution in [0, 0.1) is 3.57 Å². The topological polar surface area (TPSA) is 15.3 Å². The van der Waals surface area contributed by atoms with Crippen LogP contribution in [0.3, 0.4) is 0 Å². The predicted octanol–water partition coefficient (Wildman–Crippen LogP) is 2.98. The van der Waals surface area contributed by atoms with Gasteiger partial charge in [-0.05, 0) is 61.3 Å². The molecule has 0 aliphatic heterocycles. The number of hydrogen-bond acceptors (Lipinski definition) is 2. The summed E-state index contributed by atoms with van der Waals surface area (Å²) < 4.78 is 1.10. The normalized spacial score (nSPS) is 13.1. The molecule has 0 aromatic heterocycles. The molecule has 0 saturated carbocycles. The minimum absolute atomic E-state index is 0.480. The molecule has 0 aliphatic carbocycles. The SMILES string of the molecule is CC(CN(C)C)NCc1ccc(I)c(Cl)c1. The lowest BCUT2D eigenvalue weighted by Crippen LogP contribution is -2.35. The zero-order valence-electron chi connectivity index (χ0n) is 9.93. The average Bonchev–Trinajstić information content (AvgIpc) is 2.19. The quantitative estimate of drug-likeness (QED) is 0.820. The molecular weight excluding hydrogens is 335 g/mol. The fourth-order valence-electron chi connectivity index (χ4n) is 1.55. The first kappa shape index (κ1) is 14.2. The van der Waals surface area contributed by atoms with E-state index in [1.165, 1.54) is 5.56 Å². The number of likely N-dealkylation sites (N-methyl/N-ethyl adjacent to an activating group) is 1. The fraction of sp³-hybridized carbons (Fsp3) is 0.500. The molecule has 0 aliphatic rings. The highest BCUT2D eigenvalue weighted by Gasteiger charge is 2.04. The number of halogens is 2. The van der Waals surface area contributed by atoms with Gasteiger partial charge in [0.25, 0.3) is 0 Å². The lowest BCUT2D eigenvalue weighted by molar-refractivity contribution is 0.349.